The number of ether oxygens (including phenoxy) is 1. The van der Waals surface area contributed by atoms with Crippen molar-refractivity contribution in [1.82, 2.24) is 0 Å². The summed E-state index contributed by atoms with van der Waals surface area (Å²) in [7, 11) is 0. The summed E-state index contributed by atoms with van der Waals surface area (Å²) in [6, 6.07) is 7.40. The average Bonchev–Trinajstić information content (AvgIpc) is 2.47. The Morgan fingerprint density at radius 3 is 3.00 bits per heavy atom. The first-order valence-corrected chi connectivity index (χ1v) is 6.50. The van der Waals surface area contributed by atoms with Crippen LogP contribution in [-0.2, 0) is 16.0 Å². The molecule has 4 heteroatoms. The number of hydrogen-bond donors (Lipinski definition) is 2. The quantitative estimate of drug-likeness (QED) is 0.634. The van der Waals surface area contributed by atoms with E-state index in [9.17, 15) is 4.79 Å². The van der Waals surface area contributed by atoms with E-state index >= 15 is 0 Å². The molecule has 104 valence electrons. The van der Waals surface area contributed by atoms with Crippen molar-refractivity contribution >= 4 is 11.5 Å². The van der Waals surface area contributed by atoms with Crippen molar-refractivity contribution in [2.45, 2.75) is 12.8 Å². The van der Waals surface area contributed by atoms with Crippen molar-refractivity contribution in [3.63, 3.8) is 0 Å². The van der Waals surface area contributed by atoms with Gasteiger partial charge in [0.05, 0.1) is 18.9 Å². The highest BCUT2D eigenvalue weighted by Gasteiger charge is 2.16. The van der Waals surface area contributed by atoms with Crippen LogP contribution in [0.25, 0.3) is 0 Å². The van der Waals surface area contributed by atoms with Crippen LogP contribution in [0.5, 0.6) is 0 Å². The molecular weight excluding hydrogens is 252 g/mol. The fourth-order valence-electron chi connectivity index (χ4n) is 2.12. The molecule has 0 atom stereocenters. The molecule has 0 spiro atoms. The Balaban J connectivity index is 2.24. The number of nitrogens with one attached hydrogen (secondary N) is 1. The van der Waals surface area contributed by atoms with E-state index in [4.69, 9.17) is 15.9 Å². The first-order valence-electron chi connectivity index (χ1n) is 6.50. The second kappa shape index (κ2) is 6.30. The summed E-state index contributed by atoms with van der Waals surface area (Å²) in [6.45, 7) is 4.45. The molecule has 0 radical (unpaired) electrons. The number of benzene rings is 1. The summed E-state index contributed by atoms with van der Waals surface area (Å²) < 4.78 is 5.36. The smallest absolute Gasteiger partial charge is 0.159 e. The molecule has 1 aliphatic rings. The van der Waals surface area contributed by atoms with Crippen molar-refractivity contribution in [3.05, 3.63) is 59.3 Å². The van der Waals surface area contributed by atoms with Crippen LogP contribution in [-0.4, -0.2) is 24.7 Å². The van der Waals surface area contributed by atoms with Crippen LogP contribution in [0.1, 0.15) is 17.5 Å². The lowest BCUT2D eigenvalue weighted by atomic mass is 9.96. The second-order valence-electron chi connectivity index (χ2n) is 4.73. The van der Waals surface area contributed by atoms with Crippen molar-refractivity contribution < 1.29 is 9.53 Å². The zero-order valence-corrected chi connectivity index (χ0v) is 11.3. The third-order valence-electron chi connectivity index (χ3n) is 3.27. The number of carbonyl (C=O) groups is 1. The van der Waals surface area contributed by atoms with Crippen LogP contribution >= 0.6 is 0 Å². The first kappa shape index (κ1) is 14.2. The molecule has 0 aliphatic carbocycles. The molecule has 4 nitrogen and oxygen atoms in total. The molecule has 0 amide bonds. The van der Waals surface area contributed by atoms with Gasteiger partial charge in [0.25, 0.3) is 0 Å². The summed E-state index contributed by atoms with van der Waals surface area (Å²) in [6.07, 6.45) is 2.27. The minimum atomic E-state index is -0.0339. The molecule has 1 heterocycles. The third-order valence-corrected chi connectivity index (χ3v) is 3.27. The van der Waals surface area contributed by atoms with Gasteiger partial charge in [0.2, 0.25) is 0 Å². The van der Waals surface area contributed by atoms with Gasteiger partial charge in [0.15, 0.2) is 5.78 Å². The maximum absolute atomic E-state index is 11.4. The highest BCUT2D eigenvalue weighted by Crippen LogP contribution is 2.17. The minimum Gasteiger partial charge on any atom is -0.402 e. The van der Waals surface area contributed by atoms with Gasteiger partial charge in [-0.2, -0.15) is 0 Å². The fourth-order valence-corrected chi connectivity index (χ4v) is 2.12. The summed E-state index contributed by atoms with van der Waals surface area (Å²) in [5.74, 6) is -0.0339. The molecule has 0 saturated carbocycles. The number of allylic oxidation sites excluding steroid dienone is 1. The number of rotatable bonds is 5. The van der Waals surface area contributed by atoms with E-state index in [1.807, 2.05) is 24.3 Å². The van der Waals surface area contributed by atoms with Gasteiger partial charge >= 0.3 is 0 Å². The largest absolute Gasteiger partial charge is 0.402 e. The van der Waals surface area contributed by atoms with Crippen molar-refractivity contribution in [1.29, 1.82) is 5.41 Å². The van der Waals surface area contributed by atoms with Crippen molar-refractivity contribution in [2.24, 2.45) is 5.73 Å². The highest BCUT2D eigenvalue weighted by atomic mass is 16.5. The summed E-state index contributed by atoms with van der Waals surface area (Å²) in [4.78, 5) is 11.4. The molecule has 20 heavy (non-hydrogen) atoms. The zero-order valence-electron chi connectivity index (χ0n) is 11.3. The normalized spacial score (nSPS) is 15.0. The van der Waals surface area contributed by atoms with E-state index in [2.05, 4.69) is 6.58 Å². The van der Waals surface area contributed by atoms with Gasteiger partial charge < -0.3 is 10.5 Å². The second-order valence-corrected chi connectivity index (χ2v) is 4.73. The van der Waals surface area contributed by atoms with Gasteiger partial charge in [0.1, 0.15) is 0 Å². The third kappa shape index (κ3) is 3.22. The Bertz CT molecular complexity index is 588. The Kier molecular flexibility index (Phi) is 4.48. The highest BCUT2D eigenvalue weighted by molar-refractivity contribution is 6.11. The summed E-state index contributed by atoms with van der Waals surface area (Å²) in [5, 5.41) is 8.26. The summed E-state index contributed by atoms with van der Waals surface area (Å²) >= 11 is 0. The lowest BCUT2D eigenvalue weighted by Crippen LogP contribution is -2.22. The molecule has 1 aliphatic heterocycles. The average molecular weight is 270 g/mol. The molecule has 0 unspecified atom stereocenters. The standard InChI is InChI=1S/C16H18N2O2/c1-2-13(19)9-11-4-3-5-12(8-11)16(18)14-10-20-7-6-15(14)17/h2-5,8,18H,1,6-7,9-10,17H2. The van der Waals surface area contributed by atoms with Crippen LogP contribution in [0, 0.1) is 5.41 Å². The van der Waals surface area contributed by atoms with Crippen molar-refractivity contribution in [2.75, 3.05) is 13.2 Å². The lowest BCUT2D eigenvalue weighted by Gasteiger charge is -2.19. The number of ketones is 1. The molecule has 3 N–H and O–H groups in total. The Morgan fingerprint density at radius 2 is 2.30 bits per heavy atom. The van der Waals surface area contributed by atoms with Crippen LogP contribution < -0.4 is 5.73 Å². The molecular formula is C16H18N2O2. The zero-order chi connectivity index (χ0) is 14.5. The molecule has 0 bridgehead atoms. The van der Waals surface area contributed by atoms with Gasteiger partial charge in [-0.1, -0.05) is 24.8 Å². The topological polar surface area (TPSA) is 76.2 Å². The van der Waals surface area contributed by atoms with E-state index in [0.717, 1.165) is 16.7 Å². The minimum absolute atomic E-state index is 0.0339. The van der Waals surface area contributed by atoms with Gasteiger partial charge in [-0.15, -0.1) is 0 Å². The predicted molar refractivity (Wildman–Crippen MR) is 78.8 cm³/mol. The monoisotopic (exact) mass is 270 g/mol. The van der Waals surface area contributed by atoms with Gasteiger partial charge in [-0.25, -0.2) is 0 Å². The maximum Gasteiger partial charge on any atom is 0.159 e. The molecule has 0 aromatic heterocycles. The summed E-state index contributed by atoms with van der Waals surface area (Å²) in [5.41, 5.74) is 9.40. The van der Waals surface area contributed by atoms with Crippen LogP contribution in [0.4, 0.5) is 0 Å². The predicted octanol–water partition coefficient (Wildman–Crippen LogP) is 1.99. The van der Waals surface area contributed by atoms with E-state index in [1.165, 1.54) is 6.08 Å². The van der Waals surface area contributed by atoms with E-state index in [0.29, 0.717) is 37.5 Å². The van der Waals surface area contributed by atoms with Crippen LogP contribution in [0.2, 0.25) is 0 Å². The lowest BCUT2D eigenvalue weighted by molar-refractivity contribution is -0.114. The number of hydrogen-bond acceptors (Lipinski definition) is 4. The molecule has 2 rings (SSSR count). The van der Waals surface area contributed by atoms with Crippen LogP contribution in [0.15, 0.2) is 48.2 Å². The van der Waals surface area contributed by atoms with Gasteiger partial charge in [-0.05, 0) is 17.7 Å². The molecule has 0 fully saturated rings. The van der Waals surface area contributed by atoms with E-state index < -0.39 is 0 Å². The number of nitrogens with two attached hydrogens (primary N) is 1. The van der Waals surface area contributed by atoms with Gasteiger partial charge in [0, 0.05) is 29.7 Å². The molecule has 0 saturated heterocycles. The van der Waals surface area contributed by atoms with E-state index in [-0.39, 0.29) is 5.78 Å². The van der Waals surface area contributed by atoms with Crippen LogP contribution in [0.3, 0.4) is 0 Å². The SMILES string of the molecule is C=CC(=O)Cc1cccc(C(=N)C2=C(N)CCOC2)c1. The maximum atomic E-state index is 11.4. The fraction of sp³-hybridized carbons (Fsp3) is 0.250. The molecule has 1 aromatic rings. The molecule has 1 aromatic carbocycles. The Hall–Kier alpha value is -2.20. The van der Waals surface area contributed by atoms with Crippen molar-refractivity contribution in [3.8, 4) is 0 Å². The number of carbonyl (C=O) groups excluding carboxylic acids is 1. The van der Waals surface area contributed by atoms with E-state index in [1.54, 1.807) is 0 Å². The van der Waals surface area contributed by atoms with Gasteiger partial charge in [-0.3, -0.25) is 10.2 Å². The first-order chi connectivity index (χ1) is 9.61. The Labute approximate surface area is 118 Å². The Morgan fingerprint density at radius 1 is 1.50 bits per heavy atom.